The van der Waals surface area contributed by atoms with Gasteiger partial charge < -0.3 is 4.74 Å². The molecule has 7 heteroatoms. The minimum Gasteiger partial charge on any atom is -0.495 e. The van der Waals surface area contributed by atoms with Crippen molar-refractivity contribution in [2.45, 2.75) is 11.8 Å². The van der Waals surface area contributed by atoms with Gasteiger partial charge in [-0.2, -0.15) is 5.26 Å². The Morgan fingerprint density at radius 3 is 2.37 bits per heavy atom. The first-order valence-electron chi connectivity index (χ1n) is 8.08. The fourth-order valence-corrected chi connectivity index (χ4v) is 3.75. The summed E-state index contributed by atoms with van der Waals surface area (Å²) in [6, 6.07) is 19.0. The molecule has 3 aromatic rings. The lowest BCUT2D eigenvalue weighted by Crippen LogP contribution is -2.15. The molecule has 1 heterocycles. The second-order valence-electron chi connectivity index (χ2n) is 5.82. The highest BCUT2D eigenvalue weighted by Gasteiger charge is 2.21. The maximum atomic E-state index is 12.8. The van der Waals surface area contributed by atoms with Crippen LogP contribution >= 0.6 is 0 Å². The number of aryl methyl sites for hydroxylation is 1. The zero-order valence-electron chi connectivity index (χ0n) is 14.8. The molecule has 0 atom stereocenters. The molecule has 1 aromatic heterocycles. The summed E-state index contributed by atoms with van der Waals surface area (Å²) in [6.45, 7) is 1.78. The standard InChI is InChI=1S/C20H17N3O3S/c1-14-4-3-5-20(22-14)23-27(24,25)19-11-10-17(12-18(19)26-2)16-8-6-15(13-21)7-9-16/h3-12H,1-2H3,(H,22,23). The first kappa shape index (κ1) is 18.4. The number of pyridine rings is 1. The van der Waals surface area contributed by atoms with Crippen LogP contribution in [-0.4, -0.2) is 20.5 Å². The van der Waals surface area contributed by atoms with Crippen molar-refractivity contribution in [3.05, 3.63) is 71.9 Å². The Morgan fingerprint density at radius 2 is 1.74 bits per heavy atom. The molecule has 0 saturated carbocycles. The Kier molecular flexibility index (Phi) is 5.10. The van der Waals surface area contributed by atoms with Crippen LogP contribution in [-0.2, 0) is 10.0 Å². The van der Waals surface area contributed by atoms with Crippen LogP contribution in [0, 0.1) is 18.3 Å². The predicted molar refractivity (Wildman–Crippen MR) is 103 cm³/mol. The summed E-state index contributed by atoms with van der Waals surface area (Å²) in [5, 5.41) is 8.90. The van der Waals surface area contributed by atoms with E-state index in [1.54, 1.807) is 61.5 Å². The van der Waals surface area contributed by atoms with Gasteiger partial charge in [0.05, 0.1) is 18.7 Å². The van der Waals surface area contributed by atoms with Crippen LogP contribution < -0.4 is 9.46 Å². The van der Waals surface area contributed by atoms with E-state index in [9.17, 15) is 8.42 Å². The molecule has 0 amide bonds. The number of methoxy groups -OCH3 is 1. The predicted octanol–water partition coefficient (Wildman–Crippen LogP) is 3.74. The third-order valence-corrected chi connectivity index (χ3v) is 5.32. The molecule has 0 aliphatic heterocycles. The zero-order valence-corrected chi connectivity index (χ0v) is 15.6. The number of ether oxygens (including phenoxy) is 1. The summed E-state index contributed by atoms with van der Waals surface area (Å²) in [4.78, 5) is 4.18. The molecule has 6 nitrogen and oxygen atoms in total. The number of nitrogens with zero attached hydrogens (tertiary/aromatic N) is 2. The summed E-state index contributed by atoms with van der Waals surface area (Å²) < 4.78 is 33.3. The van der Waals surface area contributed by atoms with Crippen molar-refractivity contribution >= 4 is 15.8 Å². The van der Waals surface area contributed by atoms with E-state index in [0.717, 1.165) is 11.1 Å². The Balaban J connectivity index is 1.97. The molecule has 0 radical (unpaired) electrons. The number of aromatic nitrogens is 1. The van der Waals surface area contributed by atoms with E-state index < -0.39 is 10.0 Å². The molecular weight excluding hydrogens is 362 g/mol. The van der Waals surface area contributed by atoms with Crippen molar-refractivity contribution in [2.24, 2.45) is 0 Å². The number of nitrogens with one attached hydrogen (secondary N) is 1. The van der Waals surface area contributed by atoms with Gasteiger partial charge in [-0.05, 0) is 54.4 Å². The highest BCUT2D eigenvalue weighted by molar-refractivity contribution is 7.92. The molecule has 1 N–H and O–H groups in total. The van der Waals surface area contributed by atoms with Gasteiger partial charge in [-0.15, -0.1) is 0 Å². The van der Waals surface area contributed by atoms with E-state index >= 15 is 0 Å². The number of rotatable bonds is 5. The number of anilines is 1. The second-order valence-corrected chi connectivity index (χ2v) is 7.48. The third kappa shape index (κ3) is 4.07. The summed E-state index contributed by atoms with van der Waals surface area (Å²) >= 11 is 0. The van der Waals surface area contributed by atoms with Crippen LogP contribution in [0.25, 0.3) is 11.1 Å². The third-order valence-electron chi connectivity index (χ3n) is 3.93. The fraction of sp³-hybridized carbons (Fsp3) is 0.100. The van der Waals surface area contributed by atoms with E-state index in [2.05, 4.69) is 15.8 Å². The van der Waals surface area contributed by atoms with Gasteiger partial charge in [-0.1, -0.05) is 24.3 Å². The maximum absolute atomic E-state index is 12.8. The number of hydrogen-bond acceptors (Lipinski definition) is 5. The van der Waals surface area contributed by atoms with Gasteiger partial charge >= 0.3 is 0 Å². The summed E-state index contributed by atoms with van der Waals surface area (Å²) in [6.07, 6.45) is 0. The SMILES string of the molecule is COc1cc(-c2ccc(C#N)cc2)ccc1S(=O)(=O)Nc1cccc(C)n1. The molecule has 0 aliphatic carbocycles. The van der Waals surface area contributed by atoms with Crippen molar-refractivity contribution < 1.29 is 13.2 Å². The Hall–Kier alpha value is -3.37. The Morgan fingerprint density at radius 1 is 1.04 bits per heavy atom. The molecule has 0 unspecified atom stereocenters. The van der Waals surface area contributed by atoms with Crippen LogP contribution in [0.5, 0.6) is 5.75 Å². The lowest BCUT2D eigenvalue weighted by Gasteiger charge is -2.13. The van der Waals surface area contributed by atoms with Gasteiger partial charge in [-0.25, -0.2) is 13.4 Å². The summed E-state index contributed by atoms with van der Waals surface area (Å²) in [7, 11) is -2.44. The smallest absolute Gasteiger partial charge is 0.266 e. The van der Waals surface area contributed by atoms with Crippen molar-refractivity contribution in [3.63, 3.8) is 0 Å². The summed E-state index contributed by atoms with van der Waals surface area (Å²) in [5.74, 6) is 0.463. The lowest BCUT2D eigenvalue weighted by molar-refractivity contribution is 0.403. The van der Waals surface area contributed by atoms with Crippen molar-refractivity contribution in [1.29, 1.82) is 5.26 Å². The monoisotopic (exact) mass is 379 g/mol. The quantitative estimate of drug-likeness (QED) is 0.729. The Bertz CT molecular complexity index is 1120. The molecule has 0 fully saturated rings. The minimum atomic E-state index is -3.86. The molecule has 0 bridgehead atoms. The molecule has 0 aliphatic rings. The van der Waals surface area contributed by atoms with E-state index in [1.807, 2.05) is 0 Å². The van der Waals surface area contributed by atoms with Gasteiger partial charge in [0.1, 0.15) is 16.5 Å². The zero-order chi connectivity index (χ0) is 19.4. The minimum absolute atomic E-state index is 0.0192. The van der Waals surface area contributed by atoms with Gasteiger partial charge in [0.2, 0.25) is 0 Å². The molecule has 27 heavy (non-hydrogen) atoms. The van der Waals surface area contributed by atoms with Gasteiger partial charge in [0, 0.05) is 5.69 Å². The van der Waals surface area contributed by atoms with E-state index in [1.165, 1.54) is 13.2 Å². The average molecular weight is 379 g/mol. The number of nitriles is 1. The Labute approximate surface area is 158 Å². The average Bonchev–Trinajstić information content (AvgIpc) is 2.67. The maximum Gasteiger partial charge on any atom is 0.266 e. The van der Waals surface area contributed by atoms with Crippen LogP contribution in [0.2, 0.25) is 0 Å². The van der Waals surface area contributed by atoms with Crippen molar-refractivity contribution in [1.82, 2.24) is 4.98 Å². The molecular formula is C20H17N3O3S. The normalized spacial score (nSPS) is 10.9. The van der Waals surface area contributed by atoms with E-state index in [0.29, 0.717) is 11.3 Å². The van der Waals surface area contributed by atoms with Gasteiger partial charge in [-0.3, -0.25) is 4.72 Å². The molecule has 3 rings (SSSR count). The number of benzene rings is 2. The topological polar surface area (TPSA) is 92.1 Å². The summed E-state index contributed by atoms with van der Waals surface area (Å²) in [5.41, 5.74) is 2.90. The van der Waals surface area contributed by atoms with Crippen molar-refractivity contribution in [2.75, 3.05) is 11.8 Å². The van der Waals surface area contributed by atoms with Crippen LogP contribution in [0.3, 0.4) is 0 Å². The van der Waals surface area contributed by atoms with Crippen molar-refractivity contribution in [3.8, 4) is 22.9 Å². The largest absolute Gasteiger partial charge is 0.495 e. The first-order valence-corrected chi connectivity index (χ1v) is 9.56. The van der Waals surface area contributed by atoms with Gasteiger partial charge in [0.25, 0.3) is 10.0 Å². The second kappa shape index (κ2) is 7.48. The highest BCUT2D eigenvalue weighted by atomic mass is 32.2. The van der Waals surface area contributed by atoms with E-state index in [-0.39, 0.29) is 16.5 Å². The van der Waals surface area contributed by atoms with Crippen LogP contribution in [0.15, 0.2) is 65.6 Å². The molecule has 2 aromatic carbocycles. The van der Waals surface area contributed by atoms with Gasteiger partial charge in [0.15, 0.2) is 0 Å². The number of hydrogen-bond donors (Lipinski definition) is 1. The molecule has 0 spiro atoms. The van der Waals surface area contributed by atoms with Crippen LogP contribution in [0.1, 0.15) is 11.3 Å². The fourth-order valence-electron chi connectivity index (χ4n) is 2.60. The highest BCUT2D eigenvalue weighted by Crippen LogP contribution is 2.31. The number of sulfonamides is 1. The van der Waals surface area contributed by atoms with E-state index in [4.69, 9.17) is 10.00 Å². The lowest BCUT2D eigenvalue weighted by atomic mass is 10.0. The van der Waals surface area contributed by atoms with Crippen LogP contribution in [0.4, 0.5) is 5.82 Å². The molecule has 0 saturated heterocycles. The first-order chi connectivity index (χ1) is 12.9. The molecule has 136 valence electrons.